The Morgan fingerprint density at radius 1 is 0.907 bits per heavy atom. The van der Waals surface area contributed by atoms with Crippen LogP contribution in [0.4, 0.5) is 11.4 Å². The minimum atomic E-state index is -0.308. The number of nitrogens with one attached hydrogen (secondary N) is 1. The number of imidazole rings is 1. The molecule has 2 aliphatic heterocycles. The summed E-state index contributed by atoms with van der Waals surface area (Å²) in [7, 11) is 3.94. The molecule has 1 N–H and O–H groups in total. The van der Waals surface area contributed by atoms with Gasteiger partial charge in [-0.2, -0.15) is 0 Å². The second-order valence-electron chi connectivity index (χ2n) is 14.0. The first-order valence-corrected chi connectivity index (χ1v) is 18.9. The normalized spacial score (nSPS) is 14.8. The predicted molar refractivity (Wildman–Crippen MR) is 212 cm³/mol. The van der Waals surface area contributed by atoms with Crippen LogP contribution >= 0.6 is 23.2 Å². The molecule has 13 heteroatoms. The largest absolute Gasteiger partial charge is 0.488 e. The fourth-order valence-corrected chi connectivity index (χ4v) is 7.75. The molecule has 3 aromatic carbocycles. The number of fused-ring (bicyclic) bond motifs is 1. The van der Waals surface area contributed by atoms with Crippen LogP contribution < -0.4 is 14.8 Å². The third-order valence-electron chi connectivity index (χ3n) is 10.3. The number of carbonyl (C=O) groups is 1. The zero-order chi connectivity index (χ0) is 37.8. The number of hydrogen-bond donors (Lipinski definition) is 1. The van der Waals surface area contributed by atoms with Crippen LogP contribution in [0.15, 0.2) is 72.2 Å². The Balaban J connectivity index is 1.10. The molecule has 2 aliphatic rings. The van der Waals surface area contributed by atoms with E-state index in [9.17, 15) is 9.70 Å². The first-order chi connectivity index (χ1) is 26.2. The average Bonchev–Trinajstić information content (AvgIpc) is 3.51. The van der Waals surface area contributed by atoms with Crippen LogP contribution in [0.2, 0.25) is 10.0 Å². The van der Waals surface area contributed by atoms with E-state index in [-0.39, 0.29) is 24.8 Å². The number of anilines is 1. The number of likely N-dealkylation sites (tertiary alicyclic amines) is 1. The van der Waals surface area contributed by atoms with Crippen LogP contribution in [0.25, 0.3) is 11.1 Å². The maximum Gasteiger partial charge on any atom is 0.291 e. The van der Waals surface area contributed by atoms with Crippen LogP contribution in [0.5, 0.6) is 11.5 Å². The maximum absolute atomic E-state index is 13.5. The molecule has 280 valence electrons. The lowest BCUT2D eigenvalue weighted by Crippen LogP contribution is -2.29. The van der Waals surface area contributed by atoms with Crippen molar-refractivity contribution in [3.05, 3.63) is 121 Å². The molecule has 0 saturated carbocycles. The van der Waals surface area contributed by atoms with E-state index >= 15 is 0 Å². The van der Waals surface area contributed by atoms with Crippen molar-refractivity contribution in [3.63, 3.8) is 0 Å². The minimum absolute atomic E-state index is 0.202. The van der Waals surface area contributed by atoms with E-state index < -0.39 is 0 Å². The number of amides is 1. The number of ether oxygens (including phenoxy) is 2. The van der Waals surface area contributed by atoms with Crippen molar-refractivity contribution in [2.45, 2.75) is 58.9 Å². The number of nitrogens with zero attached hydrogens (tertiary/aromatic N) is 6. The summed E-state index contributed by atoms with van der Waals surface area (Å²) in [4.78, 5) is 37.9. The summed E-state index contributed by atoms with van der Waals surface area (Å²) in [6, 6.07) is 17.0. The van der Waals surface area contributed by atoms with E-state index in [0.717, 1.165) is 83.7 Å². The van der Waals surface area contributed by atoms with Gasteiger partial charge < -0.3 is 24.3 Å². The fraction of sp³-hybridized carbons (Fsp3) is 0.341. The Kier molecular flexibility index (Phi) is 11.6. The number of aromatic nitrogens is 3. The molecule has 0 spiro atoms. The lowest BCUT2D eigenvalue weighted by Gasteiger charge is -2.27. The number of carbonyl (C=O) groups excluding carboxylic acids is 1. The van der Waals surface area contributed by atoms with E-state index in [2.05, 4.69) is 37.3 Å². The van der Waals surface area contributed by atoms with Crippen molar-refractivity contribution < 1.29 is 14.3 Å². The third kappa shape index (κ3) is 8.29. The van der Waals surface area contributed by atoms with E-state index in [1.54, 1.807) is 18.3 Å². The maximum atomic E-state index is 13.5. The van der Waals surface area contributed by atoms with Crippen LogP contribution in [0, 0.1) is 11.8 Å². The lowest BCUT2D eigenvalue weighted by molar-refractivity contribution is 0.101. The van der Waals surface area contributed by atoms with Crippen LogP contribution in [0.3, 0.4) is 0 Å². The number of pyridine rings is 1. The van der Waals surface area contributed by atoms with Crippen molar-refractivity contribution in [3.8, 4) is 22.6 Å². The van der Waals surface area contributed by atoms with Gasteiger partial charge in [0, 0.05) is 67.8 Å². The molecule has 11 nitrogen and oxygen atoms in total. The summed E-state index contributed by atoms with van der Waals surface area (Å²) in [5, 5.41) is 6.93. The van der Waals surface area contributed by atoms with Gasteiger partial charge in [-0.3, -0.25) is 14.7 Å². The molecule has 1 fully saturated rings. The molecular weight excluding hydrogens is 725 g/mol. The molecule has 0 radical (unpaired) electrons. The SMILES string of the molecule is Cc1c(COc2cc(OCc3cncc(N=O)c3)c(CN3CCCCC3)cc2Cl)cccc1-c1cccc(NC(=O)c2nc3c(n2C)CCN(C)C3)c1Cl. The van der Waals surface area contributed by atoms with Gasteiger partial charge in [0.25, 0.3) is 5.91 Å². The highest BCUT2D eigenvalue weighted by atomic mass is 35.5. The first kappa shape index (κ1) is 37.5. The first-order valence-electron chi connectivity index (χ1n) is 18.2. The van der Waals surface area contributed by atoms with Gasteiger partial charge in [-0.15, -0.1) is 4.91 Å². The number of nitroso groups, excluding NO2 is 1. The van der Waals surface area contributed by atoms with E-state index in [1.807, 2.05) is 61.0 Å². The third-order valence-corrected chi connectivity index (χ3v) is 11.0. The molecule has 0 aliphatic carbocycles. The molecule has 0 unspecified atom stereocenters. The predicted octanol–water partition coefficient (Wildman–Crippen LogP) is 8.88. The van der Waals surface area contributed by atoms with Crippen LogP contribution in [-0.4, -0.2) is 56.9 Å². The summed E-state index contributed by atoms with van der Waals surface area (Å²) in [6.45, 7) is 6.85. The number of benzene rings is 3. The van der Waals surface area contributed by atoms with E-state index in [1.165, 1.54) is 12.6 Å². The van der Waals surface area contributed by atoms with Gasteiger partial charge in [0.1, 0.15) is 30.4 Å². The Morgan fingerprint density at radius 2 is 1.69 bits per heavy atom. The molecule has 0 atom stereocenters. The Labute approximate surface area is 325 Å². The quantitative estimate of drug-likeness (QED) is 0.125. The standard InChI is InChI=1S/C41H43Cl2N7O4/c1-26-28(9-7-10-31(26)32-11-8-12-34(39(32)43)46-41(51)40-45-35-23-48(2)16-13-36(35)49(40)3)25-54-38-19-37(53-24-27-17-30(47-52)21-44-20-27)29(18-33(38)42)22-50-14-5-4-6-15-50/h7-12,17-21H,4-6,13-16,22-25H2,1-3H3,(H,46,51). The molecule has 4 heterocycles. The molecule has 2 aromatic heterocycles. The summed E-state index contributed by atoms with van der Waals surface area (Å²) >= 11 is 13.9. The Morgan fingerprint density at radius 3 is 2.50 bits per heavy atom. The van der Waals surface area contributed by atoms with Crippen LogP contribution in [-0.2, 0) is 39.8 Å². The summed E-state index contributed by atoms with van der Waals surface area (Å²) in [5.41, 5.74) is 8.09. The molecule has 1 amide bonds. The molecule has 7 rings (SSSR count). The second-order valence-corrected chi connectivity index (χ2v) is 14.8. The highest BCUT2D eigenvalue weighted by molar-refractivity contribution is 6.36. The molecule has 54 heavy (non-hydrogen) atoms. The van der Waals surface area contributed by atoms with Gasteiger partial charge in [-0.1, -0.05) is 60.0 Å². The Hall–Kier alpha value is -4.81. The van der Waals surface area contributed by atoms with Gasteiger partial charge >= 0.3 is 0 Å². The minimum Gasteiger partial charge on any atom is -0.488 e. The number of halogens is 2. The van der Waals surface area contributed by atoms with Crippen molar-refractivity contribution >= 4 is 40.5 Å². The van der Waals surface area contributed by atoms with Gasteiger partial charge in [0.15, 0.2) is 5.82 Å². The molecular formula is C41H43Cl2N7O4. The zero-order valence-corrected chi connectivity index (χ0v) is 32.2. The summed E-state index contributed by atoms with van der Waals surface area (Å²) < 4.78 is 14.6. The monoisotopic (exact) mass is 767 g/mol. The lowest BCUT2D eigenvalue weighted by atomic mass is 9.96. The number of likely N-dealkylation sites (N-methyl/N-ethyl adjacent to an activating group) is 1. The molecule has 1 saturated heterocycles. The van der Waals surface area contributed by atoms with Crippen molar-refractivity contribution in [2.75, 3.05) is 32.0 Å². The zero-order valence-electron chi connectivity index (χ0n) is 30.7. The number of hydrogen-bond acceptors (Lipinski definition) is 9. The van der Waals surface area contributed by atoms with Gasteiger partial charge in [-0.25, -0.2) is 4.98 Å². The fourth-order valence-electron chi connectivity index (χ4n) is 7.23. The van der Waals surface area contributed by atoms with E-state index in [4.69, 9.17) is 32.7 Å². The highest BCUT2D eigenvalue weighted by Crippen LogP contribution is 2.38. The molecule has 5 aromatic rings. The van der Waals surface area contributed by atoms with Gasteiger partial charge in [0.05, 0.1) is 27.6 Å². The number of rotatable bonds is 12. The van der Waals surface area contributed by atoms with Crippen molar-refractivity contribution in [1.29, 1.82) is 0 Å². The smallest absolute Gasteiger partial charge is 0.291 e. The Bertz CT molecular complexity index is 2180. The summed E-state index contributed by atoms with van der Waals surface area (Å²) in [6.07, 6.45) is 7.48. The van der Waals surface area contributed by atoms with Gasteiger partial charge in [-0.05, 0) is 80.0 Å². The summed E-state index contributed by atoms with van der Waals surface area (Å²) in [5.74, 6) is 1.20. The van der Waals surface area contributed by atoms with Crippen molar-refractivity contribution in [2.24, 2.45) is 12.2 Å². The van der Waals surface area contributed by atoms with E-state index in [0.29, 0.717) is 46.1 Å². The average molecular weight is 769 g/mol. The number of piperidine rings is 1. The van der Waals surface area contributed by atoms with Crippen molar-refractivity contribution in [1.82, 2.24) is 24.3 Å². The van der Waals surface area contributed by atoms with Gasteiger partial charge in [0.2, 0.25) is 0 Å². The van der Waals surface area contributed by atoms with Crippen LogP contribution in [0.1, 0.15) is 63.5 Å². The highest BCUT2D eigenvalue weighted by Gasteiger charge is 2.25. The second kappa shape index (κ2) is 16.7. The topological polar surface area (TPSA) is 114 Å². The molecule has 0 bridgehead atoms.